The highest BCUT2D eigenvalue weighted by Gasteiger charge is 2.10. The van der Waals surface area contributed by atoms with Crippen LogP contribution in [0.1, 0.15) is 31.4 Å². The minimum Gasteiger partial charge on any atom is -0.331 e. The number of benzene rings is 2. The van der Waals surface area contributed by atoms with E-state index in [1.54, 1.807) is 36.5 Å². The summed E-state index contributed by atoms with van der Waals surface area (Å²) in [4.78, 5) is 29.7. The second kappa shape index (κ2) is 8.75. The zero-order valence-electron chi connectivity index (χ0n) is 16.3. The van der Waals surface area contributed by atoms with Crippen LogP contribution in [0.5, 0.6) is 0 Å². The van der Waals surface area contributed by atoms with Gasteiger partial charge in [-0.1, -0.05) is 24.3 Å². The number of anilines is 2. The molecule has 0 saturated heterocycles. The van der Waals surface area contributed by atoms with E-state index < -0.39 is 0 Å². The molecule has 0 spiro atoms. The Morgan fingerprint density at radius 1 is 0.967 bits per heavy atom. The van der Waals surface area contributed by atoms with Crippen LogP contribution in [0.15, 0.2) is 78.4 Å². The van der Waals surface area contributed by atoms with Gasteiger partial charge in [0.25, 0.3) is 11.8 Å². The fourth-order valence-electron chi connectivity index (χ4n) is 3.00. The van der Waals surface area contributed by atoms with E-state index in [9.17, 15) is 9.59 Å². The Balaban J connectivity index is 1.40. The molecule has 150 valence electrons. The summed E-state index contributed by atoms with van der Waals surface area (Å²) >= 11 is 1.37. The number of imidazole rings is 1. The van der Waals surface area contributed by atoms with Crippen LogP contribution in [-0.2, 0) is 6.54 Å². The Kier molecular flexibility index (Phi) is 5.72. The normalized spacial score (nSPS) is 10.6. The molecule has 2 amide bonds. The summed E-state index contributed by atoms with van der Waals surface area (Å²) in [6, 6.07) is 18.2. The molecule has 0 unspecified atom stereocenters. The molecule has 0 aliphatic carbocycles. The number of hydrogen-bond donors (Lipinski definition) is 2. The molecule has 2 aromatic carbocycles. The zero-order valence-corrected chi connectivity index (χ0v) is 17.1. The molecule has 0 aliphatic rings. The molecule has 30 heavy (non-hydrogen) atoms. The van der Waals surface area contributed by atoms with E-state index in [-0.39, 0.29) is 11.8 Å². The average Bonchev–Trinajstić information content (AvgIpc) is 3.42. The molecule has 2 heterocycles. The van der Waals surface area contributed by atoms with Crippen LogP contribution in [0.2, 0.25) is 0 Å². The quantitative estimate of drug-likeness (QED) is 0.474. The van der Waals surface area contributed by atoms with Gasteiger partial charge < -0.3 is 15.2 Å². The lowest BCUT2D eigenvalue weighted by Crippen LogP contribution is -2.14. The molecule has 7 heteroatoms. The third kappa shape index (κ3) is 4.64. The van der Waals surface area contributed by atoms with E-state index >= 15 is 0 Å². The van der Waals surface area contributed by atoms with Gasteiger partial charge in [0.2, 0.25) is 0 Å². The molecule has 4 rings (SSSR count). The maximum absolute atomic E-state index is 12.6. The summed E-state index contributed by atoms with van der Waals surface area (Å²) in [7, 11) is 0. The van der Waals surface area contributed by atoms with Crippen LogP contribution >= 0.6 is 11.3 Å². The van der Waals surface area contributed by atoms with Crippen molar-refractivity contribution in [3.8, 4) is 0 Å². The number of carbonyl (C=O) groups is 2. The fraction of sp³-hybridized carbons (Fsp3) is 0.0870. The molecular weight excluding hydrogens is 396 g/mol. The van der Waals surface area contributed by atoms with Crippen LogP contribution in [0, 0.1) is 6.92 Å². The summed E-state index contributed by atoms with van der Waals surface area (Å²) in [5.74, 6) is 0.533. The zero-order chi connectivity index (χ0) is 20.9. The lowest BCUT2D eigenvalue weighted by Gasteiger charge is -2.09. The number of aryl methyl sites for hydroxylation is 1. The summed E-state index contributed by atoms with van der Waals surface area (Å²) in [6.07, 6.45) is 3.72. The molecule has 0 aliphatic heterocycles. The van der Waals surface area contributed by atoms with E-state index in [2.05, 4.69) is 20.2 Å². The van der Waals surface area contributed by atoms with Gasteiger partial charge in [-0.2, -0.15) is 0 Å². The van der Waals surface area contributed by atoms with Gasteiger partial charge in [-0.3, -0.25) is 9.59 Å². The first-order valence-electron chi connectivity index (χ1n) is 9.41. The summed E-state index contributed by atoms with van der Waals surface area (Å²) in [5, 5.41) is 7.56. The topological polar surface area (TPSA) is 76.0 Å². The number of hydrogen-bond acceptors (Lipinski definition) is 4. The van der Waals surface area contributed by atoms with Crippen molar-refractivity contribution in [2.75, 3.05) is 10.6 Å². The van der Waals surface area contributed by atoms with Crippen LogP contribution in [0.4, 0.5) is 11.4 Å². The summed E-state index contributed by atoms with van der Waals surface area (Å²) < 4.78 is 2.06. The Bertz CT molecular complexity index is 1160. The predicted octanol–water partition coefficient (Wildman–Crippen LogP) is 4.81. The molecule has 2 aromatic heterocycles. The molecule has 4 aromatic rings. The van der Waals surface area contributed by atoms with E-state index in [0.717, 1.165) is 17.9 Å². The Labute approximate surface area is 178 Å². The molecule has 0 fully saturated rings. The smallest absolute Gasteiger partial charge is 0.265 e. The number of nitrogens with zero attached hydrogens (tertiary/aromatic N) is 2. The van der Waals surface area contributed by atoms with Crippen LogP contribution < -0.4 is 10.6 Å². The number of aromatic nitrogens is 2. The minimum atomic E-state index is -0.236. The van der Waals surface area contributed by atoms with E-state index in [1.165, 1.54) is 11.3 Å². The Hall–Kier alpha value is -3.71. The largest absolute Gasteiger partial charge is 0.331 e. The third-order valence-corrected chi connectivity index (χ3v) is 5.48. The van der Waals surface area contributed by atoms with E-state index in [4.69, 9.17) is 0 Å². The Morgan fingerprint density at radius 3 is 2.47 bits per heavy atom. The van der Waals surface area contributed by atoms with Crippen molar-refractivity contribution < 1.29 is 9.59 Å². The number of carbonyl (C=O) groups excluding carboxylic acids is 2. The highest BCUT2D eigenvalue weighted by Crippen LogP contribution is 2.17. The summed E-state index contributed by atoms with van der Waals surface area (Å²) in [6.45, 7) is 2.69. The molecule has 0 bridgehead atoms. The van der Waals surface area contributed by atoms with Gasteiger partial charge in [-0.25, -0.2) is 4.98 Å². The molecule has 0 saturated carbocycles. The highest BCUT2D eigenvalue weighted by molar-refractivity contribution is 7.12. The number of nitrogens with one attached hydrogen (secondary N) is 2. The van der Waals surface area contributed by atoms with Crippen molar-refractivity contribution in [1.29, 1.82) is 0 Å². The first-order chi connectivity index (χ1) is 14.6. The Morgan fingerprint density at radius 2 is 1.77 bits per heavy atom. The molecular formula is C23H20N4O2S. The van der Waals surface area contributed by atoms with Crippen LogP contribution in [0.3, 0.4) is 0 Å². The van der Waals surface area contributed by atoms with Crippen molar-refractivity contribution in [1.82, 2.24) is 9.55 Å². The number of thiophene rings is 1. The second-order valence-corrected chi connectivity index (χ2v) is 7.71. The van der Waals surface area contributed by atoms with Crippen molar-refractivity contribution in [3.63, 3.8) is 0 Å². The number of rotatable bonds is 6. The van der Waals surface area contributed by atoms with Gasteiger partial charge in [0.05, 0.1) is 4.88 Å². The van der Waals surface area contributed by atoms with Crippen LogP contribution in [0.25, 0.3) is 0 Å². The van der Waals surface area contributed by atoms with Crippen LogP contribution in [-0.4, -0.2) is 21.4 Å². The maximum Gasteiger partial charge on any atom is 0.265 e. The molecule has 0 atom stereocenters. The van der Waals surface area contributed by atoms with Gasteiger partial charge >= 0.3 is 0 Å². The van der Waals surface area contributed by atoms with Gasteiger partial charge in [0, 0.05) is 35.9 Å². The summed E-state index contributed by atoms with van der Waals surface area (Å²) in [5.41, 5.74) is 2.87. The lowest BCUT2D eigenvalue weighted by molar-refractivity contribution is 0.101. The standard InChI is InChI=1S/C23H20N4O2S/c1-16-24-11-12-27(16)15-17-7-9-19(10-8-17)25-22(28)18-4-2-5-20(14-18)26-23(29)21-6-3-13-30-21/h2-14H,15H2,1H3,(H,25,28)(H,26,29). The van der Waals surface area contributed by atoms with E-state index in [0.29, 0.717) is 21.8 Å². The molecule has 6 nitrogen and oxygen atoms in total. The van der Waals surface area contributed by atoms with Gasteiger partial charge in [0.15, 0.2) is 0 Å². The first kappa shape index (κ1) is 19.6. The highest BCUT2D eigenvalue weighted by atomic mass is 32.1. The second-order valence-electron chi connectivity index (χ2n) is 6.77. The molecule has 0 radical (unpaired) electrons. The molecule has 2 N–H and O–H groups in total. The predicted molar refractivity (Wildman–Crippen MR) is 119 cm³/mol. The maximum atomic E-state index is 12.6. The first-order valence-corrected chi connectivity index (χ1v) is 10.3. The van der Waals surface area contributed by atoms with Crippen molar-refractivity contribution >= 4 is 34.5 Å². The fourth-order valence-corrected chi connectivity index (χ4v) is 3.62. The van der Waals surface area contributed by atoms with Gasteiger partial charge in [0.1, 0.15) is 5.82 Å². The lowest BCUT2D eigenvalue weighted by atomic mass is 10.1. The van der Waals surface area contributed by atoms with Crippen molar-refractivity contribution in [3.05, 3.63) is 100 Å². The minimum absolute atomic E-state index is 0.189. The monoisotopic (exact) mass is 416 g/mol. The SMILES string of the molecule is Cc1nccn1Cc1ccc(NC(=O)c2cccc(NC(=O)c3cccs3)c2)cc1. The van der Waals surface area contributed by atoms with Gasteiger partial charge in [-0.05, 0) is 54.3 Å². The average molecular weight is 417 g/mol. The van der Waals surface area contributed by atoms with Crippen molar-refractivity contribution in [2.45, 2.75) is 13.5 Å². The van der Waals surface area contributed by atoms with Crippen molar-refractivity contribution in [2.24, 2.45) is 0 Å². The van der Waals surface area contributed by atoms with E-state index in [1.807, 2.05) is 48.8 Å². The third-order valence-electron chi connectivity index (χ3n) is 4.62. The van der Waals surface area contributed by atoms with Gasteiger partial charge in [-0.15, -0.1) is 11.3 Å². The number of amides is 2.